The van der Waals surface area contributed by atoms with Crippen LogP contribution in [-0.4, -0.2) is 40.0 Å². The Morgan fingerprint density at radius 2 is 2.07 bits per heavy atom. The highest BCUT2D eigenvalue weighted by atomic mass is 35.5. The van der Waals surface area contributed by atoms with Crippen LogP contribution in [0.1, 0.15) is 34.1 Å². The highest BCUT2D eigenvalue weighted by molar-refractivity contribution is 7.99. The molecule has 2 aromatic rings. The second-order valence-electron chi connectivity index (χ2n) is 6.80. The summed E-state index contributed by atoms with van der Waals surface area (Å²) in [5.74, 6) is 0.101. The minimum absolute atomic E-state index is 0.0665. The van der Waals surface area contributed by atoms with Gasteiger partial charge in [0.1, 0.15) is 0 Å². The predicted octanol–water partition coefficient (Wildman–Crippen LogP) is 3.48. The third kappa shape index (κ3) is 6.52. The van der Waals surface area contributed by atoms with Gasteiger partial charge in [0.05, 0.1) is 22.8 Å². The lowest BCUT2D eigenvalue weighted by Gasteiger charge is -2.14. The number of carbonyl (C=O) groups excluding carboxylic acids is 1. The van der Waals surface area contributed by atoms with E-state index in [0.717, 1.165) is 0 Å². The fourth-order valence-corrected chi connectivity index (χ4v) is 3.52. The Kier molecular flexibility index (Phi) is 8.13. The van der Waals surface area contributed by atoms with Crippen LogP contribution in [0.3, 0.4) is 0 Å². The van der Waals surface area contributed by atoms with Crippen LogP contribution in [0.2, 0.25) is 5.02 Å². The minimum atomic E-state index is -0.131. The molecule has 0 fully saturated rings. The van der Waals surface area contributed by atoms with E-state index < -0.39 is 0 Å². The number of amides is 1. The molecule has 0 radical (unpaired) electrons. The number of benzene rings is 1. The number of ether oxygens (including phenoxy) is 1. The predicted molar refractivity (Wildman–Crippen MR) is 111 cm³/mol. The van der Waals surface area contributed by atoms with Gasteiger partial charge in [-0.05, 0) is 52.3 Å². The van der Waals surface area contributed by atoms with Crippen molar-refractivity contribution in [3.8, 4) is 0 Å². The largest absolute Gasteiger partial charge is 0.379 e. The van der Waals surface area contributed by atoms with Crippen molar-refractivity contribution in [1.29, 1.82) is 0 Å². The molecule has 148 valence electrons. The van der Waals surface area contributed by atoms with E-state index in [1.165, 1.54) is 11.8 Å². The summed E-state index contributed by atoms with van der Waals surface area (Å²) >= 11 is 7.30. The van der Waals surface area contributed by atoms with Crippen molar-refractivity contribution in [3.63, 3.8) is 0 Å². The van der Waals surface area contributed by atoms with Gasteiger partial charge in [-0.3, -0.25) is 14.2 Å². The molecule has 0 saturated carbocycles. The maximum Gasteiger partial charge on any atom is 0.262 e. The van der Waals surface area contributed by atoms with Crippen LogP contribution >= 0.6 is 23.4 Å². The molecule has 0 aliphatic heterocycles. The van der Waals surface area contributed by atoms with Crippen LogP contribution in [0.5, 0.6) is 0 Å². The molecular formula is C19H26ClN3O3S. The number of carbonyl (C=O) groups is 1. The maximum absolute atomic E-state index is 12.9. The van der Waals surface area contributed by atoms with Gasteiger partial charge in [-0.1, -0.05) is 23.4 Å². The van der Waals surface area contributed by atoms with Crippen LogP contribution < -0.4 is 10.9 Å². The van der Waals surface area contributed by atoms with Crippen molar-refractivity contribution >= 4 is 40.2 Å². The maximum atomic E-state index is 12.9. The first-order chi connectivity index (χ1) is 12.8. The van der Waals surface area contributed by atoms with E-state index in [9.17, 15) is 9.59 Å². The first-order valence-corrected chi connectivity index (χ1v) is 10.4. The second-order valence-corrected chi connectivity index (χ2v) is 8.18. The number of hydrogen-bond donors (Lipinski definition) is 1. The van der Waals surface area contributed by atoms with E-state index in [4.69, 9.17) is 16.3 Å². The number of thioether (sulfide) groups is 1. The molecule has 0 saturated heterocycles. The van der Waals surface area contributed by atoms with Gasteiger partial charge in [0.25, 0.3) is 5.56 Å². The van der Waals surface area contributed by atoms with Crippen LogP contribution in [-0.2, 0) is 16.1 Å². The molecule has 0 bridgehead atoms. The zero-order valence-electron chi connectivity index (χ0n) is 16.1. The Labute approximate surface area is 168 Å². The molecular weight excluding hydrogens is 386 g/mol. The van der Waals surface area contributed by atoms with Crippen molar-refractivity contribution < 1.29 is 9.53 Å². The summed E-state index contributed by atoms with van der Waals surface area (Å²) in [5.41, 5.74) is 0.405. The van der Waals surface area contributed by atoms with Crippen LogP contribution in [0, 0.1) is 0 Å². The number of hydrogen-bond acceptors (Lipinski definition) is 5. The molecule has 1 N–H and O–H groups in total. The molecule has 8 heteroatoms. The molecule has 2 rings (SSSR count). The molecule has 0 aliphatic rings. The molecule has 1 heterocycles. The Morgan fingerprint density at radius 1 is 1.33 bits per heavy atom. The Morgan fingerprint density at radius 3 is 2.74 bits per heavy atom. The molecule has 0 spiro atoms. The SMILES string of the molecule is CC(C)NC(=O)CSc1nc2cc(Cl)ccc2c(=O)n1CCCOC(C)C. The van der Waals surface area contributed by atoms with E-state index in [1.807, 2.05) is 27.7 Å². The van der Waals surface area contributed by atoms with Crippen molar-refractivity contribution in [2.24, 2.45) is 0 Å². The molecule has 1 amide bonds. The molecule has 1 aromatic heterocycles. The summed E-state index contributed by atoms with van der Waals surface area (Å²) in [5, 5.41) is 4.39. The van der Waals surface area contributed by atoms with Gasteiger partial charge < -0.3 is 10.1 Å². The standard InChI is InChI=1S/C19H26ClN3O3S/c1-12(2)21-17(24)11-27-19-22-16-10-14(20)6-7-15(16)18(25)23(19)8-5-9-26-13(3)4/h6-7,10,12-13H,5,8-9,11H2,1-4H3,(H,21,24). The highest BCUT2D eigenvalue weighted by Crippen LogP contribution is 2.20. The second kappa shape index (κ2) is 10.1. The summed E-state index contributed by atoms with van der Waals surface area (Å²) in [7, 11) is 0. The summed E-state index contributed by atoms with van der Waals surface area (Å²) in [6.07, 6.45) is 0.831. The van der Waals surface area contributed by atoms with Gasteiger partial charge in [0.15, 0.2) is 5.16 Å². The fourth-order valence-electron chi connectivity index (χ4n) is 2.52. The molecule has 0 aliphatic carbocycles. The van der Waals surface area contributed by atoms with E-state index >= 15 is 0 Å². The Bertz CT molecular complexity index is 852. The number of halogens is 1. The zero-order valence-corrected chi connectivity index (χ0v) is 17.7. The minimum Gasteiger partial charge on any atom is -0.379 e. The van der Waals surface area contributed by atoms with Gasteiger partial charge in [-0.15, -0.1) is 0 Å². The van der Waals surface area contributed by atoms with Crippen molar-refractivity contribution in [1.82, 2.24) is 14.9 Å². The molecule has 27 heavy (non-hydrogen) atoms. The average Bonchev–Trinajstić information content (AvgIpc) is 2.57. The average molecular weight is 412 g/mol. The van der Waals surface area contributed by atoms with Gasteiger partial charge in [-0.2, -0.15) is 0 Å². The lowest BCUT2D eigenvalue weighted by Crippen LogP contribution is -2.32. The number of aromatic nitrogens is 2. The summed E-state index contributed by atoms with van der Waals surface area (Å²) in [6, 6.07) is 5.11. The van der Waals surface area contributed by atoms with E-state index in [0.29, 0.717) is 40.7 Å². The third-order valence-corrected chi connectivity index (χ3v) is 4.85. The number of nitrogens with zero attached hydrogens (tertiary/aromatic N) is 2. The lowest BCUT2D eigenvalue weighted by atomic mass is 10.2. The summed E-state index contributed by atoms with van der Waals surface area (Å²) < 4.78 is 7.18. The van der Waals surface area contributed by atoms with Gasteiger partial charge in [-0.25, -0.2) is 4.98 Å². The first kappa shape index (κ1) is 21.7. The topological polar surface area (TPSA) is 73.2 Å². The third-order valence-electron chi connectivity index (χ3n) is 3.64. The van der Waals surface area contributed by atoms with Crippen molar-refractivity contribution in [2.75, 3.05) is 12.4 Å². The molecule has 0 unspecified atom stereocenters. The van der Waals surface area contributed by atoms with E-state index in [2.05, 4.69) is 10.3 Å². The quantitative estimate of drug-likeness (QED) is 0.388. The van der Waals surface area contributed by atoms with Crippen molar-refractivity contribution in [2.45, 2.75) is 58.0 Å². The molecule has 1 aromatic carbocycles. The lowest BCUT2D eigenvalue weighted by molar-refractivity contribution is -0.119. The zero-order chi connectivity index (χ0) is 20.0. The van der Waals surface area contributed by atoms with Gasteiger partial charge in [0, 0.05) is 24.2 Å². The van der Waals surface area contributed by atoms with Crippen LogP contribution in [0.15, 0.2) is 28.2 Å². The van der Waals surface area contributed by atoms with Crippen molar-refractivity contribution in [3.05, 3.63) is 33.6 Å². The smallest absolute Gasteiger partial charge is 0.262 e. The summed E-state index contributed by atoms with van der Waals surface area (Å²) in [6.45, 7) is 8.79. The number of nitrogens with one attached hydrogen (secondary N) is 1. The monoisotopic (exact) mass is 411 g/mol. The Balaban J connectivity index is 2.28. The highest BCUT2D eigenvalue weighted by Gasteiger charge is 2.14. The number of fused-ring (bicyclic) bond motifs is 1. The Hall–Kier alpha value is -1.57. The van der Waals surface area contributed by atoms with E-state index in [1.54, 1.807) is 22.8 Å². The van der Waals surface area contributed by atoms with E-state index in [-0.39, 0.29) is 29.4 Å². The fraction of sp³-hybridized carbons (Fsp3) is 0.526. The summed E-state index contributed by atoms with van der Waals surface area (Å²) in [4.78, 5) is 29.5. The molecule has 0 atom stereocenters. The van der Waals surface area contributed by atoms with Gasteiger partial charge in [0.2, 0.25) is 5.91 Å². The number of rotatable bonds is 9. The molecule has 6 nitrogen and oxygen atoms in total. The normalized spacial score (nSPS) is 11.5. The van der Waals surface area contributed by atoms with Gasteiger partial charge >= 0.3 is 0 Å². The van der Waals surface area contributed by atoms with Crippen LogP contribution in [0.25, 0.3) is 10.9 Å². The first-order valence-electron chi connectivity index (χ1n) is 9.01. The van der Waals surface area contributed by atoms with Crippen LogP contribution in [0.4, 0.5) is 0 Å².